The van der Waals surface area contributed by atoms with Crippen LogP contribution in [0.2, 0.25) is 0 Å². The SMILES string of the molecule is CCCCCn1c(O)c(N=NC(=O)c2cc(Br)c[nH]2)c2ccccc21. The van der Waals surface area contributed by atoms with Crippen LogP contribution in [-0.4, -0.2) is 20.6 Å². The zero-order valence-corrected chi connectivity index (χ0v) is 15.5. The second kappa shape index (κ2) is 7.65. The third-order valence-electron chi connectivity index (χ3n) is 4.02. The monoisotopic (exact) mass is 402 g/mol. The van der Waals surface area contributed by atoms with Gasteiger partial charge in [-0.2, -0.15) is 0 Å². The number of aryl methyl sites for hydroxylation is 1. The van der Waals surface area contributed by atoms with Gasteiger partial charge in [-0.25, -0.2) is 0 Å². The van der Waals surface area contributed by atoms with Crippen LogP contribution < -0.4 is 0 Å². The lowest BCUT2D eigenvalue weighted by Crippen LogP contribution is -1.96. The van der Waals surface area contributed by atoms with E-state index in [1.165, 1.54) is 0 Å². The summed E-state index contributed by atoms with van der Waals surface area (Å²) in [6.45, 7) is 2.84. The zero-order valence-electron chi connectivity index (χ0n) is 13.9. The van der Waals surface area contributed by atoms with E-state index in [1.54, 1.807) is 12.3 Å². The fraction of sp³-hybridized carbons (Fsp3) is 0.278. The molecule has 2 N–H and O–H groups in total. The molecule has 2 aromatic heterocycles. The minimum Gasteiger partial charge on any atom is -0.493 e. The first-order valence-electron chi connectivity index (χ1n) is 8.22. The highest BCUT2D eigenvalue weighted by Crippen LogP contribution is 2.39. The Morgan fingerprint density at radius 3 is 2.84 bits per heavy atom. The lowest BCUT2D eigenvalue weighted by Gasteiger charge is -2.05. The normalized spacial score (nSPS) is 11.6. The van der Waals surface area contributed by atoms with Gasteiger partial charge in [-0.1, -0.05) is 38.0 Å². The van der Waals surface area contributed by atoms with Crippen LogP contribution >= 0.6 is 15.9 Å². The van der Waals surface area contributed by atoms with Crippen LogP contribution in [0.1, 0.15) is 36.7 Å². The zero-order chi connectivity index (χ0) is 17.8. The summed E-state index contributed by atoms with van der Waals surface area (Å²) >= 11 is 3.27. The molecule has 3 aromatic rings. The van der Waals surface area contributed by atoms with Crippen molar-refractivity contribution in [1.29, 1.82) is 0 Å². The second-order valence-corrected chi connectivity index (χ2v) is 6.70. The quantitative estimate of drug-likeness (QED) is 0.418. The summed E-state index contributed by atoms with van der Waals surface area (Å²) in [6, 6.07) is 9.23. The van der Waals surface area contributed by atoms with Gasteiger partial charge in [0.25, 0.3) is 0 Å². The molecular formula is C18H19BrN4O2. The third-order valence-corrected chi connectivity index (χ3v) is 4.48. The number of aromatic hydroxyl groups is 1. The first kappa shape index (κ1) is 17.4. The Bertz CT molecular complexity index is 926. The van der Waals surface area contributed by atoms with E-state index in [9.17, 15) is 9.90 Å². The molecule has 0 fully saturated rings. The average Bonchev–Trinajstić information content (AvgIpc) is 3.16. The summed E-state index contributed by atoms with van der Waals surface area (Å²) in [6.07, 6.45) is 4.81. The number of nitrogens with zero attached hydrogens (tertiary/aromatic N) is 3. The molecule has 3 rings (SSSR count). The van der Waals surface area contributed by atoms with Crippen molar-refractivity contribution in [2.75, 3.05) is 0 Å². The van der Waals surface area contributed by atoms with Crippen LogP contribution in [0.4, 0.5) is 5.69 Å². The van der Waals surface area contributed by atoms with E-state index >= 15 is 0 Å². The minimum atomic E-state index is -0.493. The van der Waals surface area contributed by atoms with Crippen molar-refractivity contribution in [3.8, 4) is 5.88 Å². The highest BCUT2D eigenvalue weighted by atomic mass is 79.9. The topological polar surface area (TPSA) is 82.7 Å². The molecule has 0 saturated heterocycles. The lowest BCUT2D eigenvalue weighted by atomic mass is 10.2. The van der Waals surface area contributed by atoms with Crippen LogP contribution in [0.25, 0.3) is 10.9 Å². The summed E-state index contributed by atoms with van der Waals surface area (Å²) in [5.74, 6) is -0.450. The molecular weight excluding hydrogens is 384 g/mol. The fourth-order valence-electron chi connectivity index (χ4n) is 2.76. The Morgan fingerprint density at radius 1 is 1.32 bits per heavy atom. The number of hydrogen-bond acceptors (Lipinski definition) is 3. The Hall–Kier alpha value is -2.41. The van der Waals surface area contributed by atoms with Crippen molar-refractivity contribution in [1.82, 2.24) is 9.55 Å². The summed E-state index contributed by atoms with van der Waals surface area (Å²) in [5.41, 5.74) is 1.55. The number of H-pyrrole nitrogens is 1. The molecule has 0 aliphatic carbocycles. The number of unbranched alkanes of at least 4 members (excludes halogenated alkanes) is 2. The van der Waals surface area contributed by atoms with Gasteiger partial charge in [0.05, 0.1) is 5.52 Å². The maximum absolute atomic E-state index is 12.1. The molecule has 0 unspecified atom stereocenters. The van der Waals surface area contributed by atoms with Gasteiger partial charge in [0.2, 0.25) is 5.88 Å². The number of fused-ring (bicyclic) bond motifs is 1. The predicted molar refractivity (Wildman–Crippen MR) is 100 cm³/mol. The van der Waals surface area contributed by atoms with Gasteiger partial charge in [0.15, 0.2) is 5.69 Å². The van der Waals surface area contributed by atoms with Crippen molar-refractivity contribution >= 4 is 38.4 Å². The van der Waals surface area contributed by atoms with Gasteiger partial charge in [0, 0.05) is 22.6 Å². The Kier molecular flexibility index (Phi) is 5.33. The molecule has 1 aromatic carbocycles. The van der Waals surface area contributed by atoms with Gasteiger partial charge in [0.1, 0.15) is 5.69 Å². The van der Waals surface area contributed by atoms with Gasteiger partial charge < -0.3 is 14.7 Å². The van der Waals surface area contributed by atoms with Crippen LogP contribution in [-0.2, 0) is 6.54 Å². The second-order valence-electron chi connectivity index (χ2n) is 5.78. The minimum absolute atomic E-state index is 0.0431. The molecule has 0 aliphatic rings. The number of aromatic amines is 1. The van der Waals surface area contributed by atoms with Gasteiger partial charge in [-0.15, -0.1) is 10.2 Å². The molecule has 6 nitrogen and oxygen atoms in total. The molecule has 0 saturated carbocycles. The van der Waals surface area contributed by atoms with E-state index in [4.69, 9.17) is 0 Å². The number of benzene rings is 1. The molecule has 7 heteroatoms. The number of carbonyl (C=O) groups is 1. The number of aromatic nitrogens is 2. The summed E-state index contributed by atoms with van der Waals surface area (Å²) in [4.78, 5) is 14.9. The van der Waals surface area contributed by atoms with E-state index in [0.717, 1.165) is 34.6 Å². The molecule has 130 valence electrons. The van der Waals surface area contributed by atoms with E-state index < -0.39 is 5.91 Å². The van der Waals surface area contributed by atoms with Crippen molar-refractivity contribution in [2.24, 2.45) is 10.2 Å². The number of rotatable bonds is 6. The first-order chi connectivity index (χ1) is 12.1. The molecule has 0 aliphatic heterocycles. The van der Waals surface area contributed by atoms with E-state index in [0.29, 0.717) is 17.9 Å². The van der Waals surface area contributed by atoms with Crippen molar-refractivity contribution in [2.45, 2.75) is 32.7 Å². The molecule has 2 heterocycles. The highest BCUT2D eigenvalue weighted by molar-refractivity contribution is 9.10. The first-order valence-corrected chi connectivity index (χ1v) is 9.01. The number of hydrogen-bond donors (Lipinski definition) is 2. The molecule has 0 radical (unpaired) electrons. The van der Waals surface area contributed by atoms with Gasteiger partial charge in [-0.05, 0) is 34.5 Å². The van der Waals surface area contributed by atoms with Gasteiger partial charge in [-0.3, -0.25) is 4.79 Å². The Morgan fingerprint density at radius 2 is 2.12 bits per heavy atom. The maximum atomic E-state index is 12.1. The molecule has 1 amide bonds. The summed E-state index contributed by atoms with van der Waals surface area (Å²) in [7, 11) is 0. The van der Waals surface area contributed by atoms with Crippen molar-refractivity contribution in [3.05, 3.63) is 46.7 Å². The number of amides is 1. The average molecular weight is 403 g/mol. The van der Waals surface area contributed by atoms with E-state index in [1.807, 2.05) is 28.8 Å². The Labute approximate surface area is 153 Å². The van der Waals surface area contributed by atoms with E-state index in [-0.39, 0.29) is 5.88 Å². The van der Waals surface area contributed by atoms with E-state index in [2.05, 4.69) is 38.1 Å². The van der Waals surface area contributed by atoms with Crippen LogP contribution in [0.5, 0.6) is 5.88 Å². The number of para-hydroxylation sites is 1. The fourth-order valence-corrected chi connectivity index (χ4v) is 3.10. The predicted octanol–water partition coefficient (Wildman–Crippen LogP) is 5.55. The van der Waals surface area contributed by atoms with Gasteiger partial charge >= 0.3 is 5.91 Å². The summed E-state index contributed by atoms with van der Waals surface area (Å²) < 4.78 is 2.59. The molecule has 25 heavy (non-hydrogen) atoms. The Balaban J connectivity index is 1.94. The lowest BCUT2D eigenvalue weighted by molar-refractivity contribution is 0.0991. The third kappa shape index (κ3) is 3.66. The number of nitrogens with one attached hydrogen (secondary N) is 1. The van der Waals surface area contributed by atoms with Crippen molar-refractivity contribution in [3.63, 3.8) is 0 Å². The highest BCUT2D eigenvalue weighted by Gasteiger charge is 2.16. The molecule has 0 atom stereocenters. The molecule has 0 spiro atoms. The summed E-state index contributed by atoms with van der Waals surface area (Å²) in [5, 5.41) is 19.2. The number of carbonyl (C=O) groups excluding carboxylic acids is 1. The van der Waals surface area contributed by atoms with Crippen LogP contribution in [0.15, 0.2) is 51.2 Å². The van der Waals surface area contributed by atoms with Crippen LogP contribution in [0, 0.1) is 0 Å². The number of azo groups is 1. The smallest absolute Gasteiger partial charge is 0.311 e. The molecule has 0 bridgehead atoms. The standard InChI is InChI=1S/C18H19BrN4O2/c1-2-3-6-9-23-15-8-5-4-7-13(15)16(18(23)25)21-22-17(24)14-10-12(19)11-20-14/h4-5,7-8,10-11,20,25H,2-3,6,9H2,1H3. The van der Waals surface area contributed by atoms with Crippen molar-refractivity contribution < 1.29 is 9.90 Å². The van der Waals surface area contributed by atoms with Crippen LogP contribution in [0.3, 0.4) is 0 Å². The largest absolute Gasteiger partial charge is 0.493 e. The number of halogens is 1. The maximum Gasteiger partial charge on any atom is 0.311 e.